The predicted molar refractivity (Wildman–Crippen MR) is 71.1 cm³/mol. The molecular formula is C13H18BrNO2. The van der Waals surface area contributed by atoms with Crippen LogP contribution in [0.25, 0.3) is 0 Å². The molecule has 0 aliphatic carbocycles. The van der Waals surface area contributed by atoms with Crippen molar-refractivity contribution in [2.75, 3.05) is 13.2 Å². The van der Waals surface area contributed by atoms with Crippen LogP contribution < -0.4 is 0 Å². The number of phenols is 1. The second-order valence-corrected chi connectivity index (χ2v) is 5.55. The van der Waals surface area contributed by atoms with Gasteiger partial charge in [-0.15, -0.1) is 0 Å². The third-order valence-corrected chi connectivity index (χ3v) is 3.91. The highest BCUT2D eigenvalue weighted by atomic mass is 79.9. The summed E-state index contributed by atoms with van der Waals surface area (Å²) in [6, 6.07) is 5.81. The molecule has 0 saturated carbocycles. The van der Waals surface area contributed by atoms with E-state index in [0.29, 0.717) is 11.8 Å². The van der Waals surface area contributed by atoms with Crippen LogP contribution in [0.5, 0.6) is 5.75 Å². The highest BCUT2D eigenvalue weighted by molar-refractivity contribution is 9.10. The van der Waals surface area contributed by atoms with E-state index in [9.17, 15) is 5.11 Å². The van der Waals surface area contributed by atoms with Gasteiger partial charge in [-0.1, -0.05) is 15.9 Å². The topological polar surface area (TPSA) is 32.7 Å². The Morgan fingerprint density at radius 1 is 1.47 bits per heavy atom. The van der Waals surface area contributed by atoms with Gasteiger partial charge in [-0.25, -0.2) is 0 Å². The van der Waals surface area contributed by atoms with Gasteiger partial charge in [0, 0.05) is 23.6 Å². The highest BCUT2D eigenvalue weighted by Crippen LogP contribution is 2.25. The number of halogens is 1. The van der Waals surface area contributed by atoms with E-state index in [1.807, 2.05) is 12.1 Å². The van der Waals surface area contributed by atoms with Crippen LogP contribution in [0.3, 0.4) is 0 Å². The van der Waals surface area contributed by atoms with Gasteiger partial charge in [-0.2, -0.15) is 0 Å². The van der Waals surface area contributed by atoms with Crippen molar-refractivity contribution in [3.63, 3.8) is 0 Å². The molecule has 1 aliphatic rings. The summed E-state index contributed by atoms with van der Waals surface area (Å²) in [7, 11) is 0. The molecule has 0 spiro atoms. The summed E-state index contributed by atoms with van der Waals surface area (Å²) >= 11 is 3.52. The molecule has 4 heteroatoms. The summed E-state index contributed by atoms with van der Waals surface area (Å²) in [5.74, 6) is 0.317. The van der Waals surface area contributed by atoms with Crippen molar-refractivity contribution < 1.29 is 9.84 Å². The van der Waals surface area contributed by atoms with Crippen LogP contribution in [0.1, 0.15) is 19.4 Å². The SMILES string of the molecule is CC1CN(Cc2cc(O)ccc2Br)C(C)CO1. The quantitative estimate of drug-likeness (QED) is 0.911. The van der Waals surface area contributed by atoms with Crippen LogP contribution in [-0.4, -0.2) is 35.3 Å². The number of rotatable bonds is 2. The molecule has 17 heavy (non-hydrogen) atoms. The average Bonchev–Trinajstić information content (AvgIpc) is 2.28. The molecule has 2 rings (SSSR count). The van der Waals surface area contributed by atoms with E-state index < -0.39 is 0 Å². The van der Waals surface area contributed by atoms with Crippen LogP contribution in [0.2, 0.25) is 0 Å². The minimum absolute atomic E-state index is 0.280. The fourth-order valence-corrected chi connectivity index (χ4v) is 2.47. The summed E-state index contributed by atoms with van der Waals surface area (Å²) in [5.41, 5.74) is 1.12. The lowest BCUT2D eigenvalue weighted by Crippen LogP contribution is -2.46. The summed E-state index contributed by atoms with van der Waals surface area (Å²) in [6.07, 6.45) is 0.280. The van der Waals surface area contributed by atoms with Crippen LogP contribution in [-0.2, 0) is 11.3 Å². The standard InChI is InChI=1S/C13H18BrNO2/c1-9-8-17-10(2)6-15(9)7-11-5-12(16)3-4-13(11)14/h3-5,9-10,16H,6-8H2,1-2H3. The first-order chi connectivity index (χ1) is 8.06. The van der Waals surface area contributed by atoms with Gasteiger partial charge in [0.15, 0.2) is 0 Å². The Balaban J connectivity index is 2.11. The Morgan fingerprint density at radius 3 is 3.00 bits per heavy atom. The van der Waals surface area contributed by atoms with Gasteiger partial charge in [-0.05, 0) is 37.6 Å². The van der Waals surface area contributed by atoms with Crippen molar-refractivity contribution in [1.29, 1.82) is 0 Å². The molecule has 0 amide bonds. The zero-order valence-electron chi connectivity index (χ0n) is 10.2. The normalized spacial score (nSPS) is 26.1. The largest absolute Gasteiger partial charge is 0.508 e. The zero-order chi connectivity index (χ0) is 12.4. The van der Waals surface area contributed by atoms with Gasteiger partial charge in [0.25, 0.3) is 0 Å². The maximum absolute atomic E-state index is 9.52. The Morgan fingerprint density at radius 2 is 2.24 bits per heavy atom. The van der Waals surface area contributed by atoms with Crippen molar-refractivity contribution in [1.82, 2.24) is 4.90 Å². The molecule has 0 bridgehead atoms. The Kier molecular flexibility index (Phi) is 4.07. The summed E-state index contributed by atoms with van der Waals surface area (Å²) in [5, 5.41) is 9.52. The third kappa shape index (κ3) is 3.21. The fourth-order valence-electron chi connectivity index (χ4n) is 2.09. The summed E-state index contributed by atoms with van der Waals surface area (Å²) in [4.78, 5) is 2.38. The first-order valence-corrected chi connectivity index (χ1v) is 6.68. The van der Waals surface area contributed by atoms with Crippen molar-refractivity contribution in [3.8, 4) is 5.75 Å². The molecule has 1 saturated heterocycles. The van der Waals surface area contributed by atoms with Gasteiger partial charge < -0.3 is 9.84 Å². The number of aromatic hydroxyl groups is 1. The number of morpholine rings is 1. The van der Waals surface area contributed by atoms with Gasteiger partial charge in [0.1, 0.15) is 5.75 Å². The Bertz CT molecular complexity index is 397. The molecule has 1 fully saturated rings. The second-order valence-electron chi connectivity index (χ2n) is 4.70. The van der Waals surface area contributed by atoms with Crippen LogP contribution in [0, 0.1) is 0 Å². The molecule has 2 atom stereocenters. The molecule has 0 radical (unpaired) electrons. The number of hydrogen-bond donors (Lipinski definition) is 1. The van der Waals surface area contributed by atoms with Crippen molar-refractivity contribution >= 4 is 15.9 Å². The van der Waals surface area contributed by atoms with Gasteiger partial charge in [-0.3, -0.25) is 4.90 Å². The van der Waals surface area contributed by atoms with Gasteiger partial charge in [0.2, 0.25) is 0 Å². The van der Waals surface area contributed by atoms with E-state index in [1.165, 1.54) is 0 Å². The minimum Gasteiger partial charge on any atom is -0.508 e. The third-order valence-electron chi connectivity index (χ3n) is 3.14. The van der Waals surface area contributed by atoms with E-state index in [2.05, 4.69) is 34.7 Å². The lowest BCUT2D eigenvalue weighted by molar-refractivity contribution is -0.0527. The maximum atomic E-state index is 9.52. The van der Waals surface area contributed by atoms with E-state index in [0.717, 1.165) is 29.7 Å². The molecule has 1 aromatic rings. The minimum atomic E-state index is 0.280. The second kappa shape index (κ2) is 5.38. The number of ether oxygens (including phenoxy) is 1. The first kappa shape index (κ1) is 12.9. The molecule has 2 unspecified atom stereocenters. The van der Waals surface area contributed by atoms with E-state index >= 15 is 0 Å². The van der Waals surface area contributed by atoms with Crippen molar-refractivity contribution in [3.05, 3.63) is 28.2 Å². The zero-order valence-corrected chi connectivity index (χ0v) is 11.8. The lowest BCUT2D eigenvalue weighted by atomic mass is 10.1. The van der Waals surface area contributed by atoms with Gasteiger partial charge in [0.05, 0.1) is 12.7 Å². The molecule has 1 aliphatic heterocycles. The smallest absolute Gasteiger partial charge is 0.115 e. The number of phenolic OH excluding ortho intramolecular Hbond substituents is 1. The lowest BCUT2D eigenvalue weighted by Gasteiger charge is -2.36. The summed E-state index contributed by atoms with van der Waals surface area (Å²) in [6.45, 7) is 6.81. The summed E-state index contributed by atoms with van der Waals surface area (Å²) < 4.78 is 6.65. The number of nitrogens with zero attached hydrogens (tertiary/aromatic N) is 1. The maximum Gasteiger partial charge on any atom is 0.115 e. The molecular weight excluding hydrogens is 282 g/mol. The monoisotopic (exact) mass is 299 g/mol. The van der Waals surface area contributed by atoms with E-state index in [4.69, 9.17) is 4.74 Å². The van der Waals surface area contributed by atoms with Crippen LogP contribution >= 0.6 is 15.9 Å². The Labute approximate surface area is 111 Å². The molecule has 1 N–H and O–H groups in total. The van der Waals surface area contributed by atoms with Gasteiger partial charge >= 0.3 is 0 Å². The predicted octanol–water partition coefficient (Wildman–Crippen LogP) is 2.76. The first-order valence-electron chi connectivity index (χ1n) is 5.89. The molecule has 1 aromatic carbocycles. The van der Waals surface area contributed by atoms with Crippen molar-refractivity contribution in [2.24, 2.45) is 0 Å². The van der Waals surface area contributed by atoms with Crippen LogP contribution in [0.15, 0.2) is 22.7 Å². The highest BCUT2D eigenvalue weighted by Gasteiger charge is 2.23. The van der Waals surface area contributed by atoms with Crippen molar-refractivity contribution in [2.45, 2.75) is 32.5 Å². The Hall–Kier alpha value is -0.580. The molecule has 1 heterocycles. The number of hydrogen-bond acceptors (Lipinski definition) is 3. The molecule has 94 valence electrons. The molecule has 3 nitrogen and oxygen atoms in total. The fraction of sp³-hybridized carbons (Fsp3) is 0.538. The number of benzene rings is 1. The van der Waals surface area contributed by atoms with Crippen LogP contribution in [0.4, 0.5) is 0 Å². The average molecular weight is 300 g/mol. The molecule has 0 aromatic heterocycles. The van der Waals surface area contributed by atoms with E-state index in [-0.39, 0.29) is 6.10 Å². The van der Waals surface area contributed by atoms with E-state index in [1.54, 1.807) is 6.07 Å².